The molecule has 0 aromatic heterocycles. The Balaban J connectivity index is 1.93. The van der Waals surface area contributed by atoms with E-state index in [9.17, 15) is 0 Å². The monoisotopic (exact) mass is 360 g/mol. The molecule has 0 aliphatic rings. The number of halogens is 1. The Morgan fingerprint density at radius 2 is 1.47 bits per heavy atom. The van der Waals surface area contributed by atoms with Crippen molar-refractivity contribution in [3.05, 3.63) is 71.8 Å². The zero-order valence-electron chi connectivity index (χ0n) is 11.2. The predicted molar refractivity (Wildman–Crippen MR) is 93.5 cm³/mol. The second-order valence-electron chi connectivity index (χ2n) is 4.60. The van der Waals surface area contributed by atoms with Crippen LogP contribution in [0.5, 0.6) is 0 Å². The molecule has 0 amide bonds. The Labute approximate surface area is 130 Å². The van der Waals surface area contributed by atoms with Gasteiger partial charge in [-0.1, -0.05) is 73.1 Å². The van der Waals surface area contributed by atoms with E-state index >= 15 is 0 Å². The first-order chi connectivity index (χ1) is 9.25. The number of hydrogen-bond donors (Lipinski definition) is 0. The van der Waals surface area contributed by atoms with E-state index in [1.165, 1.54) is 11.1 Å². The summed E-state index contributed by atoms with van der Waals surface area (Å²) in [6.07, 6.45) is 0.987. The molecule has 2 aromatic carbocycles. The lowest BCUT2D eigenvalue weighted by molar-refractivity contribution is 0.667. The summed E-state index contributed by atoms with van der Waals surface area (Å²) in [5.41, 5.74) is 2.72. The second kappa shape index (κ2) is 7.75. The Bertz CT molecular complexity index is 476. The number of benzene rings is 2. The third kappa shape index (κ3) is 5.03. The zero-order valence-corrected chi connectivity index (χ0v) is 13.3. The summed E-state index contributed by atoms with van der Waals surface area (Å²) < 4.78 is 2.88. The lowest BCUT2D eigenvalue weighted by Crippen LogP contribution is -2.36. The van der Waals surface area contributed by atoms with E-state index in [2.05, 4.69) is 102 Å². The van der Waals surface area contributed by atoms with Crippen molar-refractivity contribution < 1.29 is 0 Å². The van der Waals surface area contributed by atoms with Crippen molar-refractivity contribution in [2.75, 3.05) is 0 Å². The highest BCUT2D eigenvalue weighted by molar-refractivity contribution is 14.1. The third-order valence-corrected chi connectivity index (χ3v) is 3.78. The summed E-state index contributed by atoms with van der Waals surface area (Å²) in [7, 11) is 2.31. The first kappa shape index (κ1) is 14.7. The average molecular weight is 360 g/mol. The third-order valence-electron chi connectivity index (χ3n) is 3.07. The molecule has 0 aliphatic heterocycles. The fraction of sp³-hybridized carbons (Fsp3) is 0.200. The molecule has 0 atom stereocenters. The van der Waals surface area contributed by atoms with Crippen LogP contribution in [0.15, 0.2) is 60.7 Å². The van der Waals surface area contributed by atoms with E-state index in [1.54, 1.807) is 0 Å². The van der Waals surface area contributed by atoms with Crippen LogP contribution in [0.2, 0.25) is 6.82 Å². The molecule has 0 aliphatic carbocycles. The van der Waals surface area contributed by atoms with Crippen LogP contribution in [0, 0.1) is 0 Å². The van der Waals surface area contributed by atoms with Crippen LogP contribution < -0.4 is 0 Å². The summed E-state index contributed by atoms with van der Waals surface area (Å²) in [4.78, 5) is 0. The fourth-order valence-corrected chi connectivity index (χ4v) is 2.39. The molecule has 4 heteroatoms. The molecule has 0 unspecified atom stereocenters. The standard InChI is InChI=1S/C15H17B2IN/c1-17(18)19(13-15-10-6-3-7-11-15)16-12-14-8-4-2-5-9-14/h2-11H,12-13H2,1H3. The maximum atomic E-state index is 2.47. The molecule has 1 nitrogen and oxygen atoms in total. The van der Waals surface area contributed by atoms with E-state index in [-0.39, 0.29) is 0 Å². The lowest BCUT2D eigenvalue weighted by Gasteiger charge is -2.23. The maximum Gasteiger partial charge on any atom is 0.283 e. The first-order valence-electron chi connectivity index (χ1n) is 6.56. The molecule has 0 saturated carbocycles. The summed E-state index contributed by atoms with van der Waals surface area (Å²) in [5.74, 6) is 0. The minimum absolute atomic E-state index is 0.488. The lowest BCUT2D eigenvalue weighted by atomic mass is 9.73. The summed E-state index contributed by atoms with van der Waals surface area (Å²) in [5, 5.41) is 0. The van der Waals surface area contributed by atoms with Gasteiger partial charge in [0, 0.05) is 6.54 Å². The minimum atomic E-state index is 0.488. The topological polar surface area (TPSA) is 3.24 Å². The van der Waals surface area contributed by atoms with Gasteiger partial charge in [-0.05, 0) is 11.9 Å². The largest absolute Gasteiger partial charge is 0.376 e. The maximum absolute atomic E-state index is 2.47. The molecule has 0 saturated heterocycles. The van der Waals surface area contributed by atoms with Crippen molar-refractivity contribution in [2.45, 2.75) is 19.7 Å². The molecule has 1 radical (unpaired) electrons. The summed E-state index contributed by atoms with van der Waals surface area (Å²) in [6, 6.07) is 21.2. The molecule has 95 valence electrons. The number of hydrogen-bond acceptors (Lipinski definition) is 1. The van der Waals surface area contributed by atoms with Crippen LogP contribution >= 0.6 is 22.4 Å². The highest BCUT2D eigenvalue weighted by Crippen LogP contribution is 2.10. The van der Waals surface area contributed by atoms with E-state index in [0.717, 1.165) is 12.9 Å². The van der Waals surface area contributed by atoms with Gasteiger partial charge >= 0.3 is 0 Å². The smallest absolute Gasteiger partial charge is 0.283 e. The zero-order chi connectivity index (χ0) is 13.5. The first-order valence-corrected chi connectivity index (χ1v) is 7.81. The highest BCUT2D eigenvalue weighted by atomic mass is 127. The van der Waals surface area contributed by atoms with E-state index in [1.807, 2.05) is 0 Å². The van der Waals surface area contributed by atoms with E-state index in [4.69, 9.17) is 0 Å². The van der Waals surface area contributed by atoms with Crippen molar-refractivity contribution in [3.63, 3.8) is 0 Å². The highest BCUT2D eigenvalue weighted by Gasteiger charge is 2.15. The van der Waals surface area contributed by atoms with Gasteiger partial charge in [-0.2, -0.15) is 0 Å². The molecule has 0 spiro atoms. The molecule has 19 heavy (non-hydrogen) atoms. The number of nitrogens with zero attached hydrogens (tertiary/aromatic N) is 1. The van der Waals surface area contributed by atoms with Crippen molar-refractivity contribution in [3.8, 4) is 0 Å². The van der Waals surface area contributed by atoms with Crippen LogP contribution in [0.3, 0.4) is 0 Å². The van der Waals surface area contributed by atoms with Gasteiger partial charge in [0.1, 0.15) is 0 Å². The normalized spacial score (nSPS) is 10.5. The Morgan fingerprint density at radius 1 is 0.947 bits per heavy atom. The predicted octanol–water partition coefficient (Wildman–Crippen LogP) is 3.86. The average Bonchev–Trinajstić information content (AvgIpc) is 2.45. The SMILES string of the molecule is CB(I)N([B]Cc1ccccc1)Cc1ccccc1. The van der Waals surface area contributed by atoms with Gasteiger partial charge in [0.05, 0.1) is 0 Å². The Morgan fingerprint density at radius 3 is 2.00 bits per heavy atom. The van der Waals surface area contributed by atoms with Gasteiger partial charge in [-0.25, -0.2) is 0 Å². The van der Waals surface area contributed by atoms with Crippen LogP contribution in [-0.2, 0) is 12.9 Å². The molecule has 0 N–H and O–H groups in total. The Hall–Kier alpha value is -0.740. The van der Waals surface area contributed by atoms with Gasteiger partial charge in [0.2, 0.25) is 7.41 Å². The summed E-state index contributed by atoms with van der Waals surface area (Å²) in [6.45, 7) is 3.20. The van der Waals surface area contributed by atoms with E-state index in [0.29, 0.717) is 4.70 Å². The molecular weight excluding hydrogens is 343 g/mol. The van der Waals surface area contributed by atoms with Crippen molar-refractivity contribution >= 4 is 34.5 Å². The van der Waals surface area contributed by atoms with Gasteiger partial charge in [0.15, 0.2) is 0 Å². The molecule has 2 rings (SSSR count). The van der Waals surface area contributed by atoms with E-state index < -0.39 is 0 Å². The van der Waals surface area contributed by atoms with Crippen LogP contribution in [0.1, 0.15) is 11.1 Å². The number of rotatable bonds is 6. The minimum Gasteiger partial charge on any atom is -0.376 e. The summed E-state index contributed by atoms with van der Waals surface area (Å²) >= 11 is 2.47. The fourth-order valence-electron chi connectivity index (χ4n) is 1.97. The van der Waals surface area contributed by atoms with Crippen molar-refractivity contribution in [1.29, 1.82) is 0 Å². The van der Waals surface area contributed by atoms with Crippen LogP contribution in [-0.4, -0.2) is 16.8 Å². The van der Waals surface area contributed by atoms with Crippen molar-refractivity contribution in [1.82, 2.24) is 4.72 Å². The molecule has 0 heterocycles. The molecule has 2 aromatic rings. The van der Waals surface area contributed by atoms with Gasteiger partial charge in [0.25, 0.3) is 4.70 Å². The van der Waals surface area contributed by atoms with Crippen molar-refractivity contribution in [2.24, 2.45) is 0 Å². The van der Waals surface area contributed by atoms with Gasteiger partial charge < -0.3 is 4.72 Å². The quantitative estimate of drug-likeness (QED) is 0.559. The molecular formula is C15H17B2IN. The van der Waals surface area contributed by atoms with Gasteiger partial charge in [-0.3, -0.25) is 0 Å². The van der Waals surface area contributed by atoms with Crippen LogP contribution in [0.4, 0.5) is 0 Å². The molecule has 0 bridgehead atoms. The molecule has 0 fully saturated rings. The second-order valence-corrected chi connectivity index (χ2v) is 6.41. The van der Waals surface area contributed by atoms with Crippen LogP contribution in [0.25, 0.3) is 0 Å². The van der Waals surface area contributed by atoms with Gasteiger partial charge in [-0.15, -0.1) is 22.4 Å². The Kier molecular flexibility index (Phi) is 5.98.